The number of hydrogen-bond acceptors (Lipinski definition) is 6. The van der Waals surface area contributed by atoms with E-state index >= 15 is 0 Å². The predicted molar refractivity (Wildman–Crippen MR) is 89.3 cm³/mol. The summed E-state index contributed by atoms with van der Waals surface area (Å²) in [6, 6.07) is 9.76. The van der Waals surface area contributed by atoms with Gasteiger partial charge in [-0.05, 0) is 25.1 Å². The molecule has 0 heterocycles. The second-order valence-corrected chi connectivity index (χ2v) is 5.13. The molecule has 1 amide bonds. The molecular formula is C17H15FN2O6. The fourth-order valence-electron chi connectivity index (χ4n) is 2.03. The first-order valence-electron chi connectivity index (χ1n) is 7.45. The average Bonchev–Trinajstić information content (AvgIpc) is 2.61. The van der Waals surface area contributed by atoms with Crippen molar-refractivity contribution in [2.75, 3.05) is 18.5 Å². The molecule has 0 bridgehead atoms. The van der Waals surface area contributed by atoms with E-state index in [1.165, 1.54) is 43.3 Å². The molecule has 2 aromatic rings. The van der Waals surface area contributed by atoms with Crippen LogP contribution in [0.1, 0.15) is 5.56 Å². The number of esters is 1. The summed E-state index contributed by atoms with van der Waals surface area (Å²) in [4.78, 5) is 33.7. The maximum atomic E-state index is 13.3. The number of halogens is 1. The number of carbonyl (C=O) groups excluding carboxylic acids is 2. The molecule has 0 aliphatic heterocycles. The Labute approximate surface area is 147 Å². The van der Waals surface area contributed by atoms with Crippen LogP contribution in [0.5, 0.6) is 5.75 Å². The quantitative estimate of drug-likeness (QED) is 0.461. The van der Waals surface area contributed by atoms with Crippen LogP contribution in [-0.4, -0.2) is 30.0 Å². The lowest BCUT2D eigenvalue weighted by Gasteiger charge is -2.10. The van der Waals surface area contributed by atoms with Gasteiger partial charge in [0, 0.05) is 6.07 Å². The maximum Gasteiger partial charge on any atom is 0.344 e. The molecule has 0 saturated heterocycles. The Balaban J connectivity index is 1.83. The van der Waals surface area contributed by atoms with Crippen LogP contribution < -0.4 is 10.1 Å². The number of nitrogens with one attached hydrogen (secondary N) is 1. The van der Waals surface area contributed by atoms with Crippen LogP contribution in [0, 0.1) is 22.9 Å². The number of amides is 1. The van der Waals surface area contributed by atoms with Crippen LogP contribution >= 0.6 is 0 Å². The molecule has 0 radical (unpaired) electrons. The van der Waals surface area contributed by atoms with Crippen molar-refractivity contribution < 1.29 is 28.4 Å². The molecule has 136 valence electrons. The normalized spacial score (nSPS) is 10.1. The van der Waals surface area contributed by atoms with Gasteiger partial charge in [0.25, 0.3) is 11.6 Å². The van der Waals surface area contributed by atoms with E-state index in [9.17, 15) is 24.1 Å². The summed E-state index contributed by atoms with van der Waals surface area (Å²) in [6.07, 6.45) is 0. The number of nitro benzene ring substituents is 1. The number of carbonyl (C=O) groups is 2. The molecule has 0 fully saturated rings. The van der Waals surface area contributed by atoms with Gasteiger partial charge in [0.15, 0.2) is 24.8 Å². The van der Waals surface area contributed by atoms with E-state index in [1.807, 2.05) is 0 Å². The number of ether oxygens (including phenoxy) is 2. The highest BCUT2D eigenvalue weighted by molar-refractivity contribution is 5.94. The van der Waals surface area contributed by atoms with Gasteiger partial charge in [-0.1, -0.05) is 18.2 Å². The Kier molecular flexibility index (Phi) is 6.20. The Morgan fingerprint density at radius 3 is 2.58 bits per heavy atom. The fourth-order valence-corrected chi connectivity index (χ4v) is 2.03. The van der Waals surface area contributed by atoms with E-state index in [0.717, 1.165) is 0 Å². The molecule has 0 atom stereocenters. The Hall–Kier alpha value is -3.49. The Morgan fingerprint density at radius 2 is 1.88 bits per heavy atom. The lowest BCUT2D eigenvalue weighted by molar-refractivity contribution is -0.385. The highest BCUT2D eigenvalue weighted by Gasteiger charge is 2.16. The Morgan fingerprint density at radius 1 is 1.15 bits per heavy atom. The summed E-state index contributed by atoms with van der Waals surface area (Å²) in [5.74, 6) is -2.27. The second-order valence-electron chi connectivity index (χ2n) is 5.13. The van der Waals surface area contributed by atoms with Gasteiger partial charge < -0.3 is 14.8 Å². The standard InChI is InChI=1S/C17H15FN2O6/c1-11-13(6-4-7-14(11)20(23)24)19-16(21)9-26-17(22)10-25-15-8-3-2-5-12(15)18/h2-8H,9-10H2,1H3,(H,19,21). The number of para-hydroxylation sites is 1. The lowest BCUT2D eigenvalue weighted by atomic mass is 10.1. The van der Waals surface area contributed by atoms with Gasteiger partial charge in [-0.25, -0.2) is 9.18 Å². The highest BCUT2D eigenvalue weighted by Crippen LogP contribution is 2.24. The molecular weight excluding hydrogens is 347 g/mol. The number of hydrogen-bond donors (Lipinski definition) is 1. The molecule has 2 rings (SSSR count). The van der Waals surface area contributed by atoms with Crippen LogP contribution in [0.2, 0.25) is 0 Å². The van der Waals surface area contributed by atoms with Gasteiger partial charge in [0.2, 0.25) is 0 Å². The molecule has 0 saturated carbocycles. The monoisotopic (exact) mass is 362 g/mol. The van der Waals surface area contributed by atoms with E-state index in [2.05, 4.69) is 5.32 Å². The van der Waals surface area contributed by atoms with Crippen molar-refractivity contribution in [2.24, 2.45) is 0 Å². The summed E-state index contributed by atoms with van der Waals surface area (Å²) >= 11 is 0. The smallest absolute Gasteiger partial charge is 0.344 e. The molecule has 0 unspecified atom stereocenters. The first kappa shape index (κ1) is 18.8. The summed E-state index contributed by atoms with van der Waals surface area (Å²) in [7, 11) is 0. The van der Waals surface area contributed by atoms with Crippen molar-refractivity contribution in [2.45, 2.75) is 6.92 Å². The van der Waals surface area contributed by atoms with Gasteiger partial charge >= 0.3 is 5.97 Å². The molecule has 26 heavy (non-hydrogen) atoms. The molecule has 8 nitrogen and oxygen atoms in total. The number of nitrogens with zero attached hydrogens (tertiary/aromatic N) is 1. The molecule has 0 aliphatic carbocycles. The minimum absolute atomic E-state index is 0.110. The first-order valence-corrected chi connectivity index (χ1v) is 7.45. The third-order valence-corrected chi connectivity index (χ3v) is 3.32. The van der Waals surface area contributed by atoms with E-state index in [4.69, 9.17) is 9.47 Å². The fraction of sp³-hybridized carbons (Fsp3) is 0.176. The zero-order chi connectivity index (χ0) is 19.1. The SMILES string of the molecule is Cc1c(NC(=O)COC(=O)COc2ccccc2F)cccc1[N+](=O)[O-]. The largest absolute Gasteiger partial charge is 0.479 e. The Bertz CT molecular complexity index is 840. The number of benzene rings is 2. The van der Waals surface area contributed by atoms with Gasteiger partial charge in [-0.3, -0.25) is 14.9 Å². The summed E-state index contributed by atoms with van der Waals surface area (Å²) < 4.78 is 23.0. The van der Waals surface area contributed by atoms with Crippen LogP contribution in [0.15, 0.2) is 42.5 Å². The van der Waals surface area contributed by atoms with Crippen molar-refractivity contribution in [1.82, 2.24) is 0 Å². The van der Waals surface area contributed by atoms with Crippen molar-refractivity contribution in [3.63, 3.8) is 0 Å². The van der Waals surface area contributed by atoms with E-state index in [-0.39, 0.29) is 22.7 Å². The molecule has 1 N–H and O–H groups in total. The average molecular weight is 362 g/mol. The van der Waals surface area contributed by atoms with E-state index in [0.29, 0.717) is 0 Å². The van der Waals surface area contributed by atoms with Crippen LogP contribution in [-0.2, 0) is 14.3 Å². The summed E-state index contributed by atoms with van der Waals surface area (Å²) in [6.45, 7) is 0.313. The minimum atomic E-state index is -0.862. The van der Waals surface area contributed by atoms with Gasteiger partial charge in [0.1, 0.15) is 0 Å². The topological polar surface area (TPSA) is 108 Å². The van der Waals surface area contributed by atoms with Gasteiger partial charge in [0.05, 0.1) is 16.2 Å². The third kappa shape index (κ3) is 5.00. The van der Waals surface area contributed by atoms with E-state index in [1.54, 1.807) is 6.07 Å². The van der Waals surface area contributed by atoms with Crippen molar-refractivity contribution in [1.29, 1.82) is 0 Å². The zero-order valence-electron chi connectivity index (χ0n) is 13.7. The van der Waals surface area contributed by atoms with Crippen LogP contribution in [0.4, 0.5) is 15.8 Å². The van der Waals surface area contributed by atoms with Crippen LogP contribution in [0.25, 0.3) is 0 Å². The number of nitro groups is 1. The zero-order valence-corrected chi connectivity index (χ0v) is 13.7. The van der Waals surface area contributed by atoms with Crippen LogP contribution in [0.3, 0.4) is 0 Å². The first-order chi connectivity index (χ1) is 12.4. The number of anilines is 1. The molecule has 2 aromatic carbocycles. The maximum absolute atomic E-state index is 13.3. The van der Waals surface area contributed by atoms with Crippen molar-refractivity contribution >= 4 is 23.3 Å². The lowest BCUT2D eigenvalue weighted by Crippen LogP contribution is -2.24. The summed E-state index contributed by atoms with van der Waals surface area (Å²) in [5, 5.41) is 13.3. The van der Waals surface area contributed by atoms with Gasteiger partial charge in [-0.2, -0.15) is 0 Å². The molecule has 0 spiro atoms. The third-order valence-electron chi connectivity index (χ3n) is 3.32. The number of rotatable bonds is 7. The van der Waals surface area contributed by atoms with Gasteiger partial charge in [-0.15, -0.1) is 0 Å². The minimum Gasteiger partial charge on any atom is -0.479 e. The second kappa shape index (κ2) is 8.56. The molecule has 9 heteroatoms. The van der Waals surface area contributed by atoms with Crippen molar-refractivity contribution in [3.8, 4) is 5.75 Å². The highest BCUT2D eigenvalue weighted by atomic mass is 19.1. The summed E-state index contributed by atoms with van der Waals surface area (Å²) in [5.41, 5.74) is 0.376. The van der Waals surface area contributed by atoms with E-state index < -0.39 is 35.8 Å². The molecule has 0 aromatic heterocycles. The predicted octanol–water partition coefficient (Wildman–Crippen LogP) is 2.60. The molecule has 0 aliphatic rings. The van der Waals surface area contributed by atoms with Crippen molar-refractivity contribution in [3.05, 3.63) is 64.0 Å².